The molecule has 0 radical (unpaired) electrons. The van der Waals surface area contributed by atoms with E-state index in [2.05, 4.69) is 44.3 Å². The van der Waals surface area contributed by atoms with E-state index in [9.17, 15) is 0 Å². The molecule has 26 heavy (non-hydrogen) atoms. The van der Waals surface area contributed by atoms with Crippen molar-refractivity contribution in [2.24, 2.45) is 0 Å². The van der Waals surface area contributed by atoms with Crippen molar-refractivity contribution in [1.82, 2.24) is 0 Å². The van der Waals surface area contributed by atoms with Crippen molar-refractivity contribution < 1.29 is 9.47 Å². The summed E-state index contributed by atoms with van der Waals surface area (Å²) in [5.74, 6) is 2.61. The van der Waals surface area contributed by atoms with Crippen LogP contribution in [-0.4, -0.2) is 12.6 Å². The molecule has 0 spiro atoms. The first-order chi connectivity index (χ1) is 12.6. The number of benzene rings is 3. The number of anilines is 1. The minimum absolute atomic E-state index is 0.0655. The van der Waals surface area contributed by atoms with Crippen LogP contribution in [0.5, 0.6) is 17.2 Å². The van der Waals surface area contributed by atoms with Crippen molar-refractivity contribution >= 4 is 5.69 Å². The normalized spacial score (nSPS) is 11.7. The fourth-order valence-corrected chi connectivity index (χ4v) is 2.62. The molecule has 3 heteroatoms. The smallest absolute Gasteiger partial charge is 0.127 e. The van der Waals surface area contributed by atoms with Crippen LogP contribution in [0.2, 0.25) is 0 Å². The topological polar surface area (TPSA) is 30.5 Å². The second-order valence-electron chi connectivity index (χ2n) is 6.52. The quantitative estimate of drug-likeness (QED) is 0.571. The van der Waals surface area contributed by atoms with Gasteiger partial charge in [-0.05, 0) is 74.4 Å². The molecular weight excluding hydrogens is 322 g/mol. The van der Waals surface area contributed by atoms with E-state index < -0.39 is 0 Å². The highest BCUT2D eigenvalue weighted by Gasteiger charge is 2.07. The summed E-state index contributed by atoms with van der Waals surface area (Å²) in [7, 11) is 0. The molecule has 3 aromatic carbocycles. The van der Waals surface area contributed by atoms with Gasteiger partial charge in [0, 0.05) is 5.69 Å². The number of hydrogen-bond donors (Lipinski definition) is 1. The fraction of sp³-hybridized carbons (Fsp3) is 0.217. The molecule has 1 N–H and O–H groups in total. The molecule has 0 aliphatic carbocycles. The molecule has 0 aliphatic rings. The average molecular weight is 347 g/mol. The molecule has 134 valence electrons. The molecule has 0 heterocycles. The summed E-state index contributed by atoms with van der Waals surface area (Å²) in [6, 6.07) is 24.0. The fourth-order valence-electron chi connectivity index (χ4n) is 2.62. The molecule has 1 atom stereocenters. The summed E-state index contributed by atoms with van der Waals surface area (Å²) in [6.45, 7) is 6.95. The van der Waals surface area contributed by atoms with Crippen molar-refractivity contribution in [2.45, 2.75) is 26.9 Å². The molecule has 0 bridgehead atoms. The van der Waals surface area contributed by atoms with Gasteiger partial charge in [0.25, 0.3) is 0 Å². The summed E-state index contributed by atoms with van der Waals surface area (Å²) in [5, 5.41) is 3.41. The van der Waals surface area contributed by atoms with Crippen LogP contribution in [-0.2, 0) is 0 Å². The monoisotopic (exact) mass is 347 g/mol. The van der Waals surface area contributed by atoms with E-state index in [-0.39, 0.29) is 6.10 Å². The van der Waals surface area contributed by atoms with Gasteiger partial charge in [0.1, 0.15) is 23.4 Å². The standard InChI is InChI=1S/C23H25NO2/c1-17-9-10-18(2)23(15-17)25-19(3)16-24-20-11-13-22(14-12-20)26-21-7-5-4-6-8-21/h4-15,19,24H,16H2,1-3H3/t19-/m1/s1. The first-order valence-electron chi connectivity index (χ1n) is 8.91. The Balaban J connectivity index is 1.52. The Morgan fingerprint density at radius 2 is 1.54 bits per heavy atom. The Kier molecular flexibility index (Phi) is 5.80. The zero-order valence-electron chi connectivity index (χ0n) is 15.5. The zero-order valence-corrected chi connectivity index (χ0v) is 15.5. The SMILES string of the molecule is Cc1ccc(C)c(O[C@H](C)CNc2ccc(Oc3ccccc3)cc2)c1. The number of para-hydroxylation sites is 1. The van der Waals surface area contributed by atoms with Gasteiger partial charge in [-0.25, -0.2) is 0 Å². The summed E-state index contributed by atoms with van der Waals surface area (Å²) in [5.41, 5.74) is 3.41. The van der Waals surface area contributed by atoms with Crippen molar-refractivity contribution in [2.75, 3.05) is 11.9 Å². The van der Waals surface area contributed by atoms with Crippen molar-refractivity contribution in [1.29, 1.82) is 0 Å². The van der Waals surface area contributed by atoms with Gasteiger partial charge in [0.15, 0.2) is 0 Å². The van der Waals surface area contributed by atoms with Crippen LogP contribution in [0.4, 0.5) is 5.69 Å². The number of aryl methyl sites for hydroxylation is 2. The molecule has 0 aliphatic heterocycles. The van der Waals surface area contributed by atoms with Crippen LogP contribution in [0.3, 0.4) is 0 Å². The molecule has 3 aromatic rings. The second kappa shape index (κ2) is 8.43. The Morgan fingerprint density at radius 3 is 2.27 bits per heavy atom. The van der Waals surface area contributed by atoms with E-state index in [1.54, 1.807) is 0 Å². The minimum Gasteiger partial charge on any atom is -0.489 e. The molecule has 0 saturated carbocycles. The first kappa shape index (κ1) is 17.9. The Morgan fingerprint density at radius 1 is 0.846 bits per heavy atom. The van der Waals surface area contributed by atoms with Crippen LogP contribution >= 0.6 is 0 Å². The second-order valence-corrected chi connectivity index (χ2v) is 6.52. The molecule has 3 nitrogen and oxygen atoms in total. The van der Waals surface area contributed by atoms with Crippen LogP contribution in [0.15, 0.2) is 72.8 Å². The maximum absolute atomic E-state index is 6.06. The maximum Gasteiger partial charge on any atom is 0.127 e. The van der Waals surface area contributed by atoms with Gasteiger partial charge in [0.2, 0.25) is 0 Å². The Hall–Kier alpha value is -2.94. The first-order valence-corrected chi connectivity index (χ1v) is 8.91. The van der Waals surface area contributed by atoms with Gasteiger partial charge in [-0.3, -0.25) is 0 Å². The number of nitrogens with one attached hydrogen (secondary N) is 1. The molecule has 0 aromatic heterocycles. The number of ether oxygens (including phenoxy) is 2. The molecule has 0 unspecified atom stereocenters. The average Bonchev–Trinajstić information content (AvgIpc) is 2.65. The third-order valence-electron chi connectivity index (χ3n) is 4.10. The molecule has 0 fully saturated rings. The van der Waals surface area contributed by atoms with Crippen LogP contribution in [0, 0.1) is 13.8 Å². The van der Waals surface area contributed by atoms with Gasteiger partial charge in [-0.2, -0.15) is 0 Å². The maximum atomic E-state index is 6.06. The predicted molar refractivity (Wildman–Crippen MR) is 107 cm³/mol. The molecule has 3 rings (SSSR count). The van der Waals surface area contributed by atoms with E-state index >= 15 is 0 Å². The highest BCUT2D eigenvalue weighted by atomic mass is 16.5. The van der Waals surface area contributed by atoms with E-state index in [4.69, 9.17) is 9.47 Å². The summed E-state index contributed by atoms with van der Waals surface area (Å²) < 4.78 is 11.9. The summed E-state index contributed by atoms with van der Waals surface area (Å²) in [4.78, 5) is 0. The number of rotatable bonds is 7. The third-order valence-corrected chi connectivity index (χ3v) is 4.10. The highest BCUT2D eigenvalue weighted by molar-refractivity contribution is 5.47. The van der Waals surface area contributed by atoms with Crippen LogP contribution < -0.4 is 14.8 Å². The summed E-state index contributed by atoms with van der Waals surface area (Å²) >= 11 is 0. The number of hydrogen-bond acceptors (Lipinski definition) is 3. The molecular formula is C23H25NO2. The van der Waals surface area contributed by atoms with Crippen molar-refractivity contribution in [3.8, 4) is 17.2 Å². The predicted octanol–water partition coefficient (Wildman–Crippen LogP) is 5.98. The van der Waals surface area contributed by atoms with Gasteiger partial charge >= 0.3 is 0 Å². The third kappa shape index (κ3) is 5.03. The van der Waals surface area contributed by atoms with E-state index in [0.717, 1.165) is 35.0 Å². The van der Waals surface area contributed by atoms with E-state index in [0.29, 0.717) is 0 Å². The Bertz CT molecular complexity index is 829. The van der Waals surface area contributed by atoms with Gasteiger partial charge in [-0.15, -0.1) is 0 Å². The zero-order chi connectivity index (χ0) is 18.4. The van der Waals surface area contributed by atoms with Gasteiger partial charge in [0.05, 0.1) is 6.54 Å². The van der Waals surface area contributed by atoms with Gasteiger partial charge < -0.3 is 14.8 Å². The largest absolute Gasteiger partial charge is 0.489 e. The van der Waals surface area contributed by atoms with Crippen LogP contribution in [0.25, 0.3) is 0 Å². The van der Waals surface area contributed by atoms with E-state index in [1.165, 1.54) is 5.56 Å². The highest BCUT2D eigenvalue weighted by Crippen LogP contribution is 2.23. The lowest BCUT2D eigenvalue weighted by molar-refractivity contribution is 0.233. The lowest BCUT2D eigenvalue weighted by Gasteiger charge is -2.18. The lowest BCUT2D eigenvalue weighted by atomic mass is 10.1. The van der Waals surface area contributed by atoms with Crippen LogP contribution in [0.1, 0.15) is 18.1 Å². The Labute approximate surface area is 155 Å². The minimum atomic E-state index is 0.0655. The van der Waals surface area contributed by atoms with Gasteiger partial charge in [-0.1, -0.05) is 30.3 Å². The summed E-state index contributed by atoms with van der Waals surface area (Å²) in [6.07, 6.45) is 0.0655. The molecule has 0 saturated heterocycles. The van der Waals surface area contributed by atoms with E-state index in [1.807, 2.05) is 54.6 Å². The lowest BCUT2D eigenvalue weighted by Crippen LogP contribution is -2.23. The van der Waals surface area contributed by atoms with Crippen molar-refractivity contribution in [3.05, 3.63) is 83.9 Å². The molecule has 0 amide bonds. The van der Waals surface area contributed by atoms with Crippen molar-refractivity contribution in [3.63, 3.8) is 0 Å².